The van der Waals surface area contributed by atoms with Crippen molar-refractivity contribution in [1.29, 1.82) is 0 Å². The fourth-order valence-electron chi connectivity index (χ4n) is 3.32. The zero-order valence-electron chi connectivity index (χ0n) is 13.3. The topological polar surface area (TPSA) is 84.1 Å². The van der Waals surface area contributed by atoms with Crippen LogP contribution in [-0.4, -0.2) is 32.9 Å². The minimum absolute atomic E-state index is 0.169. The van der Waals surface area contributed by atoms with Gasteiger partial charge in [0.1, 0.15) is 5.82 Å². The van der Waals surface area contributed by atoms with E-state index in [1.807, 2.05) is 25.1 Å². The normalized spacial score (nSPS) is 27.3. The Labute approximate surface area is 135 Å². The van der Waals surface area contributed by atoms with Crippen LogP contribution in [0.1, 0.15) is 54.9 Å². The summed E-state index contributed by atoms with van der Waals surface area (Å²) >= 11 is 0. The zero-order valence-corrected chi connectivity index (χ0v) is 13.3. The molecule has 2 N–H and O–H groups in total. The van der Waals surface area contributed by atoms with Crippen LogP contribution in [0.5, 0.6) is 0 Å². The van der Waals surface area contributed by atoms with Crippen LogP contribution in [0.4, 0.5) is 5.82 Å². The van der Waals surface area contributed by atoms with Gasteiger partial charge in [0.05, 0.1) is 6.10 Å². The van der Waals surface area contributed by atoms with E-state index in [0.29, 0.717) is 24.8 Å². The predicted octanol–water partition coefficient (Wildman–Crippen LogP) is 2.62. The molecule has 0 bridgehead atoms. The van der Waals surface area contributed by atoms with Crippen molar-refractivity contribution in [2.75, 3.05) is 11.9 Å². The number of hydrogen-bond donors (Lipinski definition) is 2. The van der Waals surface area contributed by atoms with Gasteiger partial charge in [0.2, 0.25) is 5.89 Å². The third-order valence-electron chi connectivity index (χ3n) is 4.84. The van der Waals surface area contributed by atoms with Crippen molar-refractivity contribution in [2.45, 2.75) is 50.5 Å². The maximum absolute atomic E-state index is 10.3. The van der Waals surface area contributed by atoms with Gasteiger partial charge in [0.25, 0.3) is 0 Å². The molecule has 2 heterocycles. The van der Waals surface area contributed by atoms with Gasteiger partial charge >= 0.3 is 0 Å². The second-order valence-corrected chi connectivity index (χ2v) is 6.81. The van der Waals surface area contributed by atoms with Gasteiger partial charge < -0.3 is 14.9 Å². The van der Waals surface area contributed by atoms with Crippen molar-refractivity contribution in [2.24, 2.45) is 5.92 Å². The summed E-state index contributed by atoms with van der Waals surface area (Å²) in [6, 6.07) is 5.90. The van der Waals surface area contributed by atoms with Crippen molar-refractivity contribution >= 4 is 5.82 Å². The Hall–Kier alpha value is -1.95. The predicted molar refractivity (Wildman–Crippen MR) is 85.2 cm³/mol. The first-order valence-electron chi connectivity index (χ1n) is 8.38. The highest BCUT2D eigenvalue weighted by Gasteiger charge is 2.38. The monoisotopic (exact) mass is 314 g/mol. The van der Waals surface area contributed by atoms with Crippen LogP contribution in [-0.2, 0) is 0 Å². The molecule has 0 amide bonds. The highest BCUT2D eigenvalue weighted by atomic mass is 16.5. The van der Waals surface area contributed by atoms with Crippen molar-refractivity contribution < 1.29 is 9.63 Å². The van der Waals surface area contributed by atoms with Gasteiger partial charge in [-0.25, -0.2) is 4.98 Å². The van der Waals surface area contributed by atoms with E-state index in [1.54, 1.807) is 0 Å². The largest absolute Gasteiger partial charge is 0.393 e. The molecular weight excluding hydrogens is 292 g/mol. The van der Waals surface area contributed by atoms with Crippen LogP contribution in [0.25, 0.3) is 0 Å². The molecule has 6 heteroatoms. The molecule has 0 saturated heterocycles. The van der Waals surface area contributed by atoms with E-state index in [-0.39, 0.29) is 17.9 Å². The first-order valence-corrected chi connectivity index (χ1v) is 8.38. The van der Waals surface area contributed by atoms with Gasteiger partial charge in [-0.05, 0) is 44.7 Å². The van der Waals surface area contributed by atoms with E-state index in [2.05, 4.69) is 20.4 Å². The molecule has 6 nitrogen and oxygen atoms in total. The summed E-state index contributed by atoms with van der Waals surface area (Å²) in [6.07, 6.45) is 3.56. The fraction of sp³-hybridized carbons (Fsp3) is 0.588. The molecule has 2 aromatic heterocycles. The molecule has 2 aliphatic carbocycles. The molecule has 4 rings (SSSR count). The lowest BCUT2D eigenvalue weighted by Gasteiger charge is -2.15. The summed E-state index contributed by atoms with van der Waals surface area (Å²) in [6.45, 7) is 2.68. The molecule has 2 aromatic rings. The Morgan fingerprint density at radius 2 is 2.09 bits per heavy atom. The van der Waals surface area contributed by atoms with Crippen LogP contribution in [0.3, 0.4) is 0 Å². The minimum Gasteiger partial charge on any atom is -0.393 e. The molecule has 23 heavy (non-hydrogen) atoms. The van der Waals surface area contributed by atoms with Gasteiger partial charge in [-0.1, -0.05) is 11.2 Å². The lowest BCUT2D eigenvalue weighted by Crippen LogP contribution is -2.22. The van der Waals surface area contributed by atoms with Gasteiger partial charge in [0, 0.05) is 30.0 Å². The molecule has 2 fully saturated rings. The molecule has 0 aliphatic heterocycles. The van der Waals surface area contributed by atoms with Gasteiger partial charge in [-0.3, -0.25) is 0 Å². The average molecular weight is 314 g/mol. The molecule has 2 saturated carbocycles. The average Bonchev–Trinajstić information content (AvgIpc) is 3.15. The van der Waals surface area contributed by atoms with Gasteiger partial charge in [-0.15, -0.1) is 0 Å². The second-order valence-electron chi connectivity index (χ2n) is 6.81. The van der Waals surface area contributed by atoms with Crippen molar-refractivity contribution in [3.05, 3.63) is 35.6 Å². The quantitative estimate of drug-likeness (QED) is 0.882. The third-order valence-corrected chi connectivity index (χ3v) is 4.84. The Morgan fingerprint density at radius 1 is 1.22 bits per heavy atom. The molecular formula is C17H22N4O2. The zero-order chi connectivity index (χ0) is 15.8. The van der Waals surface area contributed by atoms with E-state index in [1.165, 1.54) is 12.8 Å². The summed E-state index contributed by atoms with van der Waals surface area (Å²) in [4.78, 5) is 8.96. The van der Waals surface area contributed by atoms with Crippen LogP contribution in [0.15, 0.2) is 22.7 Å². The molecule has 3 atom stereocenters. The number of aryl methyl sites for hydroxylation is 1. The summed E-state index contributed by atoms with van der Waals surface area (Å²) in [5.41, 5.74) is 0.985. The van der Waals surface area contributed by atoms with Gasteiger partial charge in [0.15, 0.2) is 5.82 Å². The second kappa shape index (κ2) is 5.92. The first-order chi connectivity index (χ1) is 11.2. The Kier molecular flexibility index (Phi) is 3.77. The smallest absolute Gasteiger partial charge is 0.229 e. The number of hydrogen-bond acceptors (Lipinski definition) is 6. The summed E-state index contributed by atoms with van der Waals surface area (Å²) < 4.78 is 5.42. The van der Waals surface area contributed by atoms with Crippen LogP contribution >= 0.6 is 0 Å². The molecule has 2 aliphatic rings. The lowest BCUT2D eigenvalue weighted by atomic mass is 10.0. The number of nitrogens with zero attached hydrogens (tertiary/aromatic N) is 3. The first kappa shape index (κ1) is 14.6. The third kappa shape index (κ3) is 3.22. The molecule has 0 spiro atoms. The Balaban J connectivity index is 1.36. The van der Waals surface area contributed by atoms with E-state index in [0.717, 1.165) is 23.8 Å². The number of rotatable bonds is 5. The number of aromatic nitrogens is 3. The summed E-state index contributed by atoms with van der Waals surface area (Å²) in [7, 11) is 0. The van der Waals surface area contributed by atoms with E-state index in [9.17, 15) is 5.11 Å². The van der Waals surface area contributed by atoms with Crippen molar-refractivity contribution in [1.82, 2.24) is 15.1 Å². The van der Waals surface area contributed by atoms with E-state index < -0.39 is 0 Å². The highest BCUT2D eigenvalue weighted by Crippen LogP contribution is 2.41. The maximum Gasteiger partial charge on any atom is 0.229 e. The molecule has 122 valence electrons. The molecule has 0 aromatic carbocycles. The van der Waals surface area contributed by atoms with Crippen LogP contribution in [0.2, 0.25) is 0 Å². The Morgan fingerprint density at radius 3 is 2.87 bits per heavy atom. The number of anilines is 1. The SMILES string of the molecule is Cc1cccc(NC[C@H]2C[C@H](c3nc(C4CC4)no3)C[C@H]2O)n1. The standard InChI is InChI=1S/C17H22N4O2/c1-10-3-2-4-15(19-10)18-9-13-7-12(8-14(13)22)17-20-16(21-23-17)11-5-6-11/h2-4,11-14,22H,5-9H2,1H3,(H,18,19)/t12-,13+,14+/m0/s1. The lowest BCUT2D eigenvalue weighted by molar-refractivity contribution is 0.137. The van der Waals surface area contributed by atoms with Gasteiger partial charge in [-0.2, -0.15) is 4.98 Å². The van der Waals surface area contributed by atoms with Crippen molar-refractivity contribution in [3.8, 4) is 0 Å². The number of aliphatic hydroxyl groups is 1. The number of nitrogens with one attached hydrogen (secondary N) is 1. The van der Waals surface area contributed by atoms with Crippen LogP contribution in [0, 0.1) is 12.8 Å². The van der Waals surface area contributed by atoms with E-state index in [4.69, 9.17) is 4.52 Å². The molecule has 0 radical (unpaired) electrons. The minimum atomic E-state index is -0.339. The fourth-order valence-corrected chi connectivity index (χ4v) is 3.32. The summed E-state index contributed by atoms with van der Waals surface area (Å²) in [5, 5.41) is 17.7. The van der Waals surface area contributed by atoms with Crippen molar-refractivity contribution in [3.63, 3.8) is 0 Å². The molecule has 0 unspecified atom stereocenters. The maximum atomic E-state index is 10.3. The Bertz CT molecular complexity index is 683. The highest BCUT2D eigenvalue weighted by molar-refractivity contribution is 5.35. The van der Waals surface area contributed by atoms with E-state index >= 15 is 0 Å². The summed E-state index contributed by atoms with van der Waals surface area (Å²) in [5.74, 6) is 3.25. The van der Waals surface area contributed by atoms with Crippen LogP contribution < -0.4 is 5.32 Å². The number of pyridine rings is 1. The number of aliphatic hydroxyl groups excluding tert-OH is 1.